The summed E-state index contributed by atoms with van der Waals surface area (Å²) in [5.41, 5.74) is 4.05. The molecule has 1 aromatic carbocycles. The number of carbonyl (C=O) groups is 1. The minimum atomic E-state index is -0.0191. The number of amides is 1. The van der Waals surface area contributed by atoms with Crippen LogP contribution in [0.1, 0.15) is 27.2 Å². The van der Waals surface area contributed by atoms with Crippen molar-refractivity contribution in [3.8, 4) is 0 Å². The lowest BCUT2D eigenvalue weighted by atomic mass is 9.95. The molecule has 0 fully saturated rings. The molecule has 0 unspecified atom stereocenters. The number of hydrogen-bond acceptors (Lipinski definition) is 3. The van der Waals surface area contributed by atoms with Crippen LogP contribution in [0.25, 0.3) is 0 Å². The fourth-order valence-electron chi connectivity index (χ4n) is 2.51. The maximum atomic E-state index is 12.3. The van der Waals surface area contributed by atoms with Gasteiger partial charge in [-0.15, -0.1) is 0 Å². The average Bonchev–Trinajstić information content (AvgIpc) is 2.53. The summed E-state index contributed by atoms with van der Waals surface area (Å²) < 4.78 is 0. The molecule has 102 valence electrons. The van der Waals surface area contributed by atoms with Gasteiger partial charge in [-0.1, -0.05) is 18.2 Å². The van der Waals surface area contributed by atoms with E-state index in [0.29, 0.717) is 6.54 Å². The Balaban J connectivity index is 1.74. The second-order valence-corrected chi connectivity index (χ2v) is 4.87. The van der Waals surface area contributed by atoms with Crippen LogP contribution in [0, 0.1) is 0 Å². The number of pyridine rings is 1. The third-order valence-electron chi connectivity index (χ3n) is 3.54. The third kappa shape index (κ3) is 2.70. The summed E-state index contributed by atoms with van der Waals surface area (Å²) in [5.74, 6) is -0.0191. The predicted molar refractivity (Wildman–Crippen MR) is 77.3 cm³/mol. The van der Waals surface area contributed by atoms with Gasteiger partial charge in [-0.2, -0.15) is 0 Å². The Morgan fingerprint density at radius 2 is 2.20 bits per heavy atom. The van der Waals surface area contributed by atoms with E-state index < -0.39 is 0 Å². The molecular formula is C16H17N3O. The monoisotopic (exact) mass is 267 g/mol. The van der Waals surface area contributed by atoms with E-state index in [0.717, 1.165) is 30.8 Å². The van der Waals surface area contributed by atoms with E-state index in [9.17, 15) is 4.79 Å². The molecule has 0 bridgehead atoms. The lowest BCUT2D eigenvalue weighted by molar-refractivity contribution is 0.0949. The average molecular weight is 267 g/mol. The zero-order valence-corrected chi connectivity index (χ0v) is 11.2. The van der Waals surface area contributed by atoms with Crippen molar-refractivity contribution < 1.29 is 4.79 Å². The maximum absolute atomic E-state index is 12.3. The summed E-state index contributed by atoms with van der Waals surface area (Å²) in [6, 6.07) is 11.6. The van der Waals surface area contributed by atoms with Gasteiger partial charge in [0.15, 0.2) is 0 Å². The Hall–Kier alpha value is -2.20. The minimum Gasteiger partial charge on any atom is -0.346 e. The summed E-state index contributed by atoms with van der Waals surface area (Å²) in [6.45, 7) is 2.23. The van der Waals surface area contributed by atoms with Crippen molar-refractivity contribution in [3.63, 3.8) is 0 Å². The van der Waals surface area contributed by atoms with Crippen LogP contribution < -0.4 is 10.6 Å². The van der Waals surface area contributed by atoms with Crippen LogP contribution in [0.5, 0.6) is 0 Å². The van der Waals surface area contributed by atoms with Crippen molar-refractivity contribution in [1.29, 1.82) is 0 Å². The molecule has 0 radical (unpaired) electrons. The highest BCUT2D eigenvalue weighted by Crippen LogP contribution is 2.18. The number of hydrogen-bond donors (Lipinski definition) is 2. The normalized spacial score (nSPS) is 13.6. The zero-order valence-electron chi connectivity index (χ0n) is 11.2. The molecule has 0 saturated heterocycles. The zero-order chi connectivity index (χ0) is 13.8. The molecule has 0 saturated carbocycles. The highest BCUT2D eigenvalue weighted by atomic mass is 16.1. The molecule has 1 amide bonds. The van der Waals surface area contributed by atoms with Crippen LogP contribution in [0.3, 0.4) is 0 Å². The minimum absolute atomic E-state index is 0.0191. The van der Waals surface area contributed by atoms with E-state index in [4.69, 9.17) is 0 Å². The summed E-state index contributed by atoms with van der Waals surface area (Å²) in [4.78, 5) is 16.5. The third-order valence-corrected chi connectivity index (χ3v) is 3.54. The van der Waals surface area contributed by atoms with E-state index in [2.05, 4.69) is 21.7 Å². The Kier molecular flexibility index (Phi) is 3.74. The van der Waals surface area contributed by atoms with Crippen LogP contribution >= 0.6 is 0 Å². The van der Waals surface area contributed by atoms with Crippen LogP contribution in [0.2, 0.25) is 0 Å². The first kappa shape index (κ1) is 12.8. The lowest BCUT2D eigenvalue weighted by Crippen LogP contribution is -2.29. The van der Waals surface area contributed by atoms with Gasteiger partial charge in [0.2, 0.25) is 0 Å². The van der Waals surface area contributed by atoms with Crippen LogP contribution in [-0.4, -0.2) is 17.4 Å². The summed E-state index contributed by atoms with van der Waals surface area (Å²) >= 11 is 0. The number of nitrogens with zero attached hydrogens (tertiary/aromatic N) is 1. The highest BCUT2D eigenvalue weighted by Gasteiger charge is 2.16. The molecule has 0 atom stereocenters. The largest absolute Gasteiger partial charge is 0.346 e. The van der Waals surface area contributed by atoms with Gasteiger partial charge in [0.1, 0.15) is 0 Å². The Bertz CT molecular complexity index is 610. The standard InChI is InChI=1S/C16H17N3O/c20-16(19-11-13-5-1-2-8-18-13)15-6-3-4-12-10-17-9-7-14(12)15/h1-6,8,17H,7,9-11H2,(H,19,20). The smallest absolute Gasteiger partial charge is 0.251 e. The SMILES string of the molecule is O=C(NCc1ccccn1)c1cccc2c1CCNC2. The number of aromatic nitrogens is 1. The number of carbonyl (C=O) groups excluding carboxylic acids is 1. The van der Waals surface area contributed by atoms with Crippen molar-refractivity contribution in [1.82, 2.24) is 15.6 Å². The lowest BCUT2D eigenvalue weighted by Gasteiger charge is -2.19. The Labute approximate surface area is 118 Å². The Morgan fingerprint density at radius 3 is 3.05 bits per heavy atom. The first-order valence-corrected chi connectivity index (χ1v) is 6.84. The molecule has 1 aliphatic heterocycles. The number of fused-ring (bicyclic) bond motifs is 1. The van der Waals surface area contributed by atoms with Crippen molar-refractivity contribution >= 4 is 5.91 Å². The van der Waals surface area contributed by atoms with Crippen molar-refractivity contribution in [2.75, 3.05) is 6.54 Å². The van der Waals surface area contributed by atoms with Gasteiger partial charge in [0.25, 0.3) is 5.91 Å². The van der Waals surface area contributed by atoms with E-state index in [1.165, 1.54) is 11.1 Å². The summed E-state index contributed by atoms with van der Waals surface area (Å²) in [7, 11) is 0. The molecule has 2 aromatic rings. The maximum Gasteiger partial charge on any atom is 0.251 e. The van der Waals surface area contributed by atoms with Gasteiger partial charge < -0.3 is 10.6 Å². The second-order valence-electron chi connectivity index (χ2n) is 4.87. The molecule has 2 heterocycles. The predicted octanol–water partition coefficient (Wildman–Crippen LogP) is 1.66. The molecule has 0 aliphatic carbocycles. The second kappa shape index (κ2) is 5.84. The fraction of sp³-hybridized carbons (Fsp3) is 0.250. The molecule has 4 nitrogen and oxygen atoms in total. The first-order valence-electron chi connectivity index (χ1n) is 6.84. The van der Waals surface area contributed by atoms with Gasteiger partial charge >= 0.3 is 0 Å². The van der Waals surface area contributed by atoms with Crippen LogP contribution in [0.15, 0.2) is 42.6 Å². The Morgan fingerprint density at radius 1 is 1.25 bits per heavy atom. The molecule has 1 aliphatic rings. The van der Waals surface area contributed by atoms with Crippen LogP contribution in [0.4, 0.5) is 0 Å². The molecule has 3 rings (SSSR count). The summed E-state index contributed by atoms with van der Waals surface area (Å²) in [5, 5.41) is 6.27. The molecule has 0 spiro atoms. The van der Waals surface area contributed by atoms with Crippen molar-refractivity contribution in [2.24, 2.45) is 0 Å². The number of benzene rings is 1. The van der Waals surface area contributed by atoms with Gasteiger partial charge in [-0.3, -0.25) is 9.78 Å². The topological polar surface area (TPSA) is 54.0 Å². The highest BCUT2D eigenvalue weighted by molar-refractivity contribution is 5.96. The van der Waals surface area contributed by atoms with Crippen LogP contribution in [-0.2, 0) is 19.5 Å². The quantitative estimate of drug-likeness (QED) is 0.889. The van der Waals surface area contributed by atoms with Gasteiger partial charge in [0.05, 0.1) is 12.2 Å². The number of rotatable bonds is 3. The molecular weight excluding hydrogens is 250 g/mol. The van der Waals surface area contributed by atoms with Crippen molar-refractivity contribution in [3.05, 3.63) is 65.0 Å². The van der Waals surface area contributed by atoms with Gasteiger partial charge in [-0.25, -0.2) is 0 Å². The molecule has 4 heteroatoms. The van der Waals surface area contributed by atoms with Gasteiger partial charge in [0, 0.05) is 18.3 Å². The number of nitrogens with one attached hydrogen (secondary N) is 2. The molecule has 1 aromatic heterocycles. The first-order chi connectivity index (χ1) is 9.84. The molecule has 2 N–H and O–H groups in total. The van der Waals surface area contributed by atoms with E-state index in [1.54, 1.807) is 6.20 Å². The van der Waals surface area contributed by atoms with E-state index in [-0.39, 0.29) is 5.91 Å². The van der Waals surface area contributed by atoms with E-state index in [1.807, 2.05) is 30.3 Å². The van der Waals surface area contributed by atoms with Crippen molar-refractivity contribution in [2.45, 2.75) is 19.5 Å². The molecule has 20 heavy (non-hydrogen) atoms. The van der Waals surface area contributed by atoms with E-state index >= 15 is 0 Å². The van der Waals surface area contributed by atoms with Gasteiger partial charge in [-0.05, 0) is 42.3 Å². The fourth-order valence-corrected chi connectivity index (χ4v) is 2.51. The summed E-state index contributed by atoms with van der Waals surface area (Å²) in [6.07, 6.45) is 2.64.